The Hall–Kier alpha value is -2.44. The van der Waals surface area contributed by atoms with Crippen LogP contribution in [0.3, 0.4) is 0 Å². The Kier molecular flexibility index (Phi) is 4.74. The predicted molar refractivity (Wildman–Crippen MR) is 91.6 cm³/mol. The highest BCUT2D eigenvalue weighted by atomic mass is 19.1. The van der Waals surface area contributed by atoms with E-state index in [1.165, 1.54) is 6.07 Å². The van der Waals surface area contributed by atoms with Crippen LogP contribution in [-0.4, -0.2) is 34.5 Å². The molecule has 0 spiro atoms. The van der Waals surface area contributed by atoms with Crippen LogP contribution >= 0.6 is 0 Å². The van der Waals surface area contributed by atoms with Crippen molar-refractivity contribution >= 4 is 6.29 Å². The number of benzene rings is 2. The van der Waals surface area contributed by atoms with E-state index in [1.807, 2.05) is 35.2 Å². The van der Waals surface area contributed by atoms with Gasteiger partial charge in [-0.2, -0.15) is 0 Å². The predicted octanol–water partition coefficient (Wildman–Crippen LogP) is 2.43. The molecule has 2 aromatic carbocycles. The third-order valence-electron chi connectivity index (χ3n) is 4.97. The van der Waals surface area contributed by atoms with Crippen LogP contribution in [-0.2, 0) is 10.5 Å². The Morgan fingerprint density at radius 2 is 1.76 bits per heavy atom. The van der Waals surface area contributed by atoms with Gasteiger partial charge in [-0.25, -0.2) is 4.39 Å². The van der Waals surface area contributed by atoms with Crippen molar-refractivity contribution in [1.82, 2.24) is 4.90 Å². The molecule has 1 aliphatic rings. The van der Waals surface area contributed by atoms with Crippen molar-refractivity contribution in [3.63, 3.8) is 0 Å². The summed E-state index contributed by atoms with van der Waals surface area (Å²) in [5, 5.41) is 19.3. The second-order valence-electron chi connectivity index (χ2n) is 6.43. The minimum absolute atomic E-state index is 0.0574. The summed E-state index contributed by atoms with van der Waals surface area (Å²) in [6, 6.07) is 11.4. The number of hydrogen-bond acceptors (Lipinski definition) is 5. The molecule has 0 unspecified atom stereocenters. The van der Waals surface area contributed by atoms with Crippen LogP contribution in [0.5, 0.6) is 11.5 Å². The van der Waals surface area contributed by atoms with Crippen LogP contribution in [0.15, 0.2) is 42.5 Å². The minimum atomic E-state index is -1.20. The maximum absolute atomic E-state index is 13.6. The number of rotatable bonds is 4. The summed E-state index contributed by atoms with van der Waals surface area (Å²) in [6.45, 7) is 1.08. The molecule has 25 heavy (non-hydrogen) atoms. The molecular formula is C19H21FN2O3. The van der Waals surface area contributed by atoms with Gasteiger partial charge in [0.2, 0.25) is 0 Å². The highest BCUT2D eigenvalue weighted by Gasteiger charge is 2.37. The van der Waals surface area contributed by atoms with Gasteiger partial charge in [0.1, 0.15) is 5.75 Å². The summed E-state index contributed by atoms with van der Waals surface area (Å²) in [4.78, 5) is 13.6. The van der Waals surface area contributed by atoms with E-state index < -0.39 is 17.2 Å². The fraction of sp³-hybridized carbons (Fsp3) is 0.316. The molecule has 1 atom stereocenters. The van der Waals surface area contributed by atoms with Crippen molar-refractivity contribution in [2.45, 2.75) is 24.4 Å². The van der Waals surface area contributed by atoms with Crippen molar-refractivity contribution < 1.29 is 19.4 Å². The highest BCUT2D eigenvalue weighted by Crippen LogP contribution is 2.38. The van der Waals surface area contributed by atoms with Gasteiger partial charge in [0.15, 0.2) is 23.5 Å². The van der Waals surface area contributed by atoms with Gasteiger partial charge in [-0.05, 0) is 30.4 Å². The number of phenolic OH excluding ortho intramolecular Hbond substituents is 2. The SMILES string of the molecule is N[C@@](C=O)(c1ccccc1)N1CCC(c2cc(F)c(O)cc2O)CC1. The number of piperidine rings is 1. The number of aldehydes is 1. The van der Waals surface area contributed by atoms with E-state index in [0.717, 1.165) is 17.9 Å². The summed E-state index contributed by atoms with van der Waals surface area (Å²) in [5.74, 6) is -1.49. The zero-order valence-electron chi connectivity index (χ0n) is 13.7. The van der Waals surface area contributed by atoms with Gasteiger partial charge >= 0.3 is 0 Å². The fourth-order valence-electron chi connectivity index (χ4n) is 3.48. The van der Waals surface area contributed by atoms with E-state index in [2.05, 4.69) is 0 Å². The third-order valence-corrected chi connectivity index (χ3v) is 4.97. The molecule has 2 aromatic rings. The molecule has 1 aliphatic heterocycles. The molecule has 0 aliphatic carbocycles. The Morgan fingerprint density at radius 3 is 2.36 bits per heavy atom. The Morgan fingerprint density at radius 1 is 1.12 bits per heavy atom. The maximum atomic E-state index is 13.6. The van der Waals surface area contributed by atoms with Gasteiger partial charge in [-0.15, -0.1) is 0 Å². The maximum Gasteiger partial charge on any atom is 0.165 e. The number of hydrogen-bond donors (Lipinski definition) is 3. The van der Waals surface area contributed by atoms with Crippen molar-refractivity contribution in [2.24, 2.45) is 5.73 Å². The molecule has 0 aromatic heterocycles. The molecule has 0 amide bonds. The van der Waals surface area contributed by atoms with E-state index in [4.69, 9.17) is 5.73 Å². The molecule has 3 rings (SSSR count). The molecule has 1 fully saturated rings. The molecular weight excluding hydrogens is 323 g/mol. The van der Waals surface area contributed by atoms with Gasteiger partial charge in [-0.1, -0.05) is 30.3 Å². The van der Waals surface area contributed by atoms with Crippen molar-refractivity contribution in [3.05, 3.63) is 59.4 Å². The molecule has 1 saturated heterocycles. The number of carbonyl (C=O) groups excluding carboxylic acids is 1. The average molecular weight is 344 g/mol. The van der Waals surface area contributed by atoms with Crippen LogP contribution < -0.4 is 5.73 Å². The smallest absolute Gasteiger partial charge is 0.165 e. The van der Waals surface area contributed by atoms with Crippen molar-refractivity contribution in [1.29, 1.82) is 0 Å². The lowest BCUT2D eigenvalue weighted by atomic mass is 9.86. The van der Waals surface area contributed by atoms with E-state index in [0.29, 0.717) is 31.5 Å². The normalized spacial score (nSPS) is 18.6. The number of nitrogens with zero attached hydrogens (tertiary/aromatic N) is 1. The standard InChI is InChI=1S/C19H21FN2O3/c20-16-10-15(17(24)11-18(16)25)13-6-8-22(9-7-13)19(21,12-23)14-4-2-1-3-5-14/h1-5,10-13,24-25H,6-9,21H2/t19-/m1/s1. The first-order valence-corrected chi connectivity index (χ1v) is 8.23. The molecule has 6 heteroatoms. The van der Waals surface area contributed by atoms with Gasteiger partial charge in [0.05, 0.1) is 0 Å². The number of carbonyl (C=O) groups is 1. The first-order chi connectivity index (χ1) is 12.0. The number of aromatic hydroxyl groups is 2. The van der Waals surface area contributed by atoms with E-state index in [1.54, 1.807) is 0 Å². The van der Waals surface area contributed by atoms with Crippen molar-refractivity contribution in [2.75, 3.05) is 13.1 Å². The van der Waals surface area contributed by atoms with Crippen LogP contribution in [0.4, 0.5) is 4.39 Å². The highest BCUT2D eigenvalue weighted by molar-refractivity contribution is 5.66. The topological polar surface area (TPSA) is 86.8 Å². The van der Waals surface area contributed by atoms with E-state index in [9.17, 15) is 19.4 Å². The summed E-state index contributed by atoms with van der Waals surface area (Å²) in [7, 11) is 0. The number of phenols is 2. The van der Waals surface area contributed by atoms with Gasteiger partial charge < -0.3 is 15.9 Å². The van der Waals surface area contributed by atoms with Crippen LogP contribution in [0, 0.1) is 5.82 Å². The quantitative estimate of drug-likeness (QED) is 0.742. The lowest BCUT2D eigenvalue weighted by Crippen LogP contribution is -2.56. The van der Waals surface area contributed by atoms with Crippen LogP contribution in [0.2, 0.25) is 0 Å². The van der Waals surface area contributed by atoms with Gasteiger partial charge in [-0.3, -0.25) is 9.69 Å². The largest absolute Gasteiger partial charge is 0.508 e. The molecule has 0 bridgehead atoms. The average Bonchev–Trinajstić information content (AvgIpc) is 2.65. The zero-order chi connectivity index (χ0) is 18.0. The minimum Gasteiger partial charge on any atom is -0.508 e. The lowest BCUT2D eigenvalue weighted by Gasteiger charge is -2.41. The number of halogens is 1. The third kappa shape index (κ3) is 3.23. The first kappa shape index (κ1) is 17.4. The summed E-state index contributed by atoms with van der Waals surface area (Å²) >= 11 is 0. The molecule has 0 radical (unpaired) electrons. The summed E-state index contributed by atoms with van der Waals surface area (Å²) in [6.07, 6.45) is 2.00. The molecule has 5 nitrogen and oxygen atoms in total. The molecule has 1 heterocycles. The van der Waals surface area contributed by atoms with Crippen molar-refractivity contribution in [3.8, 4) is 11.5 Å². The Balaban J connectivity index is 1.77. The Labute approximate surface area is 145 Å². The second kappa shape index (κ2) is 6.82. The Bertz CT molecular complexity index is 761. The number of nitrogens with two attached hydrogens (primary N) is 1. The lowest BCUT2D eigenvalue weighted by molar-refractivity contribution is -0.120. The van der Waals surface area contributed by atoms with E-state index >= 15 is 0 Å². The molecule has 4 N–H and O–H groups in total. The van der Waals surface area contributed by atoms with Gasteiger partial charge in [0.25, 0.3) is 0 Å². The van der Waals surface area contributed by atoms with E-state index in [-0.39, 0.29) is 11.7 Å². The fourth-order valence-corrected chi connectivity index (χ4v) is 3.48. The summed E-state index contributed by atoms with van der Waals surface area (Å²) < 4.78 is 13.6. The van der Waals surface area contributed by atoms with Crippen LogP contribution in [0.1, 0.15) is 29.9 Å². The summed E-state index contributed by atoms with van der Waals surface area (Å²) in [5.41, 5.74) is 6.37. The molecule has 132 valence electrons. The van der Waals surface area contributed by atoms with Crippen LogP contribution in [0.25, 0.3) is 0 Å². The second-order valence-corrected chi connectivity index (χ2v) is 6.43. The van der Waals surface area contributed by atoms with Gasteiger partial charge in [0, 0.05) is 24.7 Å². The first-order valence-electron chi connectivity index (χ1n) is 8.23. The number of likely N-dealkylation sites (tertiary alicyclic amines) is 1. The molecule has 0 saturated carbocycles. The zero-order valence-corrected chi connectivity index (χ0v) is 13.7. The monoisotopic (exact) mass is 344 g/mol.